The highest BCUT2D eigenvalue weighted by atomic mass is 79.9. The van der Waals surface area contributed by atoms with Gasteiger partial charge in [0, 0.05) is 5.33 Å². The SMILES string of the molecule is Cc1ccc(C)c(OCCCCBr)c1C. The van der Waals surface area contributed by atoms with Gasteiger partial charge in [0.2, 0.25) is 0 Å². The predicted molar refractivity (Wildman–Crippen MR) is 69.2 cm³/mol. The highest BCUT2D eigenvalue weighted by molar-refractivity contribution is 9.09. The zero-order chi connectivity index (χ0) is 11.3. The van der Waals surface area contributed by atoms with Crippen LogP contribution in [-0.2, 0) is 0 Å². The fraction of sp³-hybridized carbons (Fsp3) is 0.538. The van der Waals surface area contributed by atoms with Crippen molar-refractivity contribution in [2.24, 2.45) is 0 Å². The predicted octanol–water partition coefficient (Wildman–Crippen LogP) is 4.17. The molecule has 0 fully saturated rings. The van der Waals surface area contributed by atoms with Gasteiger partial charge in [0.1, 0.15) is 5.75 Å². The zero-order valence-corrected chi connectivity index (χ0v) is 11.4. The quantitative estimate of drug-likeness (QED) is 0.577. The minimum Gasteiger partial charge on any atom is -0.493 e. The molecule has 84 valence electrons. The Hall–Kier alpha value is -0.500. The van der Waals surface area contributed by atoms with Crippen LogP contribution in [0.5, 0.6) is 5.75 Å². The molecule has 1 rings (SSSR count). The third-order valence-corrected chi connectivity index (χ3v) is 3.21. The van der Waals surface area contributed by atoms with E-state index in [9.17, 15) is 0 Å². The van der Waals surface area contributed by atoms with Crippen LogP contribution in [0.1, 0.15) is 29.5 Å². The molecule has 1 aromatic carbocycles. The summed E-state index contributed by atoms with van der Waals surface area (Å²) in [6.45, 7) is 7.17. The van der Waals surface area contributed by atoms with Crippen molar-refractivity contribution in [1.29, 1.82) is 0 Å². The molecule has 0 aliphatic rings. The van der Waals surface area contributed by atoms with Gasteiger partial charge in [-0.15, -0.1) is 0 Å². The Morgan fingerprint density at radius 2 is 1.73 bits per heavy atom. The molecule has 0 aliphatic heterocycles. The molecule has 0 atom stereocenters. The summed E-state index contributed by atoms with van der Waals surface area (Å²) in [5.41, 5.74) is 3.81. The molecule has 2 heteroatoms. The lowest BCUT2D eigenvalue weighted by Crippen LogP contribution is -2.01. The molecule has 0 bridgehead atoms. The number of hydrogen-bond donors (Lipinski definition) is 0. The van der Waals surface area contributed by atoms with Gasteiger partial charge in [-0.05, 0) is 50.3 Å². The van der Waals surface area contributed by atoms with Crippen LogP contribution >= 0.6 is 15.9 Å². The number of rotatable bonds is 5. The fourth-order valence-corrected chi connectivity index (χ4v) is 1.91. The number of alkyl halides is 1. The first kappa shape index (κ1) is 12.6. The Bertz CT molecular complexity index is 321. The summed E-state index contributed by atoms with van der Waals surface area (Å²) in [5.74, 6) is 1.07. The van der Waals surface area contributed by atoms with Gasteiger partial charge in [-0.1, -0.05) is 28.1 Å². The molecular formula is C13H19BrO. The summed E-state index contributed by atoms with van der Waals surface area (Å²) in [5, 5.41) is 1.06. The molecule has 15 heavy (non-hydrogen) atoms. The van der Waals surface area contributed by atoms with Crippen molar-refractivity contribution in [3.8, 4) is 5.75 Å². The van der Waals surface area contributed by atoms with E-state index in [2.05, 4.69) is 48.8 Å². The molecule has 0 saturated heterocycles. The summed E-state index contributed by atoms with van der Waals surface area (Å²) in [4.78, 5) is 0. The van der Waals surface area contributed by atoms with E-state index in [-0.39, 0.29) is 0 Å². The van der Waals surface area contributed by atoms with Gasteiger partial charge in [-0.2, -0.15) is 0 Å². The monoisotopic (exact) mass is 270 g/mol. The van der Waals surface area contributed by atoms with E-state index in [1.807, 2.05) is 0 Å². The number of hydrogen-bond acceptors (Lipinski definition) is 1. The second-order valence-electron chi connectivity index (χ2n) is 3.90. The van der Waals surface area contributed by atoms with Crippen molar-refractivity contribution in [2.75, 3.05) is 11.9 Å². The molecule has 0 saturated carbocycles. The Morgan fingerprint density at radius 1 is 1.07 bits per heavy atom. The average molecular weight is 271 g/mol. The largest absolute Gasteiger partial charge is 0.493 e. The zero-order valence-electron chi connectivity index (χ0n) is 9.77. The van der Waals surface area contributed by atoms with Gasteiger partial charge < -0.3 is 4.74 Å². The van der Waals surface area contributed by atoms with Gasteiger partial charge in [-0.3, -0.25) is 0 Å². The van der Waals surface area contributed by atoms with Gasteiger partial charge in [0.05, 0.1) is 6.61 Å². The third-order valence-electron chi connectivity index (χ3n) is 2.65. The lowest BCUT2D eigenvalue weighted by molar-refractivity contribution is 0.305. The van der Waals surface area contributed by atoms with E-state index in [0.29, 0.717) is 0 Å². The van der Waals surface area contributed by atoms with Crippen LogP contribution in [0.4, 0.5) is 0 Å². The van der Waals surface area contributed by atoms with Crippen molar-refractivity contribution in [3.05, 3.63) is 28.8 Å². The first-order valence-electron chi connectivity index (χ1n) is 5.42. The van der Waals surface area contributed by atoms with Crippen LogP contribution in [0, 0.1) is 20.8 Å². The fourth-order valence-electron chi connectivity index (χ4n) is 1.52. The number of ether oxygens (including phenoxy) is 1. The Balaban J connectivity index is 2.63. The molecule has 0 unspecified atom stereocenters. The second kappa shape index (κ2) is 6.16. The molecule has 0 heterocycles. The Morgan fingerprint density at radius 3 is 2.40 bits per heavy atom. The maximum Gasteiger partial charge on any atom is 0.125 e. The Kier molecular flexibility index (Phi) is 5.16. The summed E-state index contributed by atoms with van der Waals surface area (Å²) < 4.78 is 5.83. The normalized spacial score (nSPS) is 10.4. The van der Waals surface area contributed by atoms with Crippen LogP contribution in [0.25, 0.3) is 0 Å². The second-order valence-corrected chi connectivity index (χ2v) is 4.69. The van der Waals surface area contributed by atoms with Crippen molar-refractivity contribution in [1.82, 2.24) is 0 Å². The van der Waals surface area contributed by atoms with E-state index < -0.39 is 0 Å². The van der Waals surface area contributed by atoms with Crippen molar-refractivity contribution >= 4 is 15.9 Å². The first-order chi connectivity index (χ1) is 7.16. The van der Waals surface area contributed by atoms with Crippen LogP contribution in [0.3, 0.4) is 0 Å². The summed E-state index contributed by atoms with van der Waals surface area (Å²) >= 11 is 3.42. The first-order valence-corrected chi connectivity index (χ1v) is 6.54. The van der Waals surface area contributed by atoms with E-state index in [1.165, 1.54) is 23.1 Å². The van der Waals surface area contributed by atoms with E-state index >= 15 is 0 Å². The summed E-state index contributed by atoms with van der Waals surface area (Å²) in [7, 11) is 0. The molecule has 0 N–H and O–H groups in total. The highest BCUT2D eigenvalue weighted by Gasteiger charge is 2.05. The van der Waals surface area contributed by atoms with Crippen molar-refractivity contribution in [2.45, 2.75) is 33.6 Å². The highest BCUT2D eigenvalue weighted by Crippen LogP contribution is 2.25. The average Bonchev–Trinajstić information content (AvgIpc) is 2.23. The smallest absolute Gasteiger partial charge is 0.125 e. The maximum atomic E-state index is 5.83. The molecule has 1 nitrogen and oxygen atoms in total. The molecule has 0 amide bonds. The summed E-state index contributed by atoms with van der Waals surface area (Å²) in [6.07, 6.45) is 2.28. The van der Waals surface area contributed by atoms with Gasteiger partial charge >= 0.3 is 0 Å². The molecular weight excluding hydrogens is 252 g/mol. The standard InChI is InChI=1S/C13H19BrO/c1-10-6-7-11(2)13(12(10)3)15-9-5-4-8-14/h6-7H,4-5,8-9H2,1-3H3. The molecule has 0 radical (unpaired) electrons. The van der Waals surface area contributed by atoms with Gasteiger partial charge in [0.15, 0.2) is 0 Å². The van der Waals surface area contributed by atoms with Crippen molar-refractivity contribution < 1.29 is 4.74 Å². The number of halogens is 1. The molecule has 1 aromatic rings. The summed E-state index contributed by atoms with van der Waals surface area (Å²) in [6, 6.07) is 4.28. The minimum absolute atomic E-state index is 0.816. The van der Waals surface area contributed by atoms with E-state index in [0.717, 1.165) is 24.1 Å². The van der Waals surface area contributed by atoms with Crippen LogP contribution < -0.4 is 4.74 Å². The van der Waals surface area contributed by atoms with Gasteiger partial charge in [-0.25, -0.2) is 0 Å². The lowest BCUT2D eigenvalue weighted by atomic mass is 10.1. The Labute approximate surface area is 101 Å². The number of unbranched alkanes of at least 4 members (excludes halogenated alkanes) is 1. The topological polar surface area (TPSA) is 9.23 Å². The third kappa shape index (κ3) is 3.53. The van der Waals surface area contributed by atoms with Crippen LogP contribution in [-0.4, -0.2) is 11.9 Å². The number of benzene rings is 1. The number of aryl methyl sites for hydroxylation is 2. The maximum absolute atomic E-state index is 5.83. The molecule has 0 spiro atoms. The van der Waals surface area contributed by atoms with E-state index in [1.54, 1.807) is 0 Å². The van der Waals surface area contributed by atoms with Crippen molar-refractivity contribution in [3.63, 3.8) is 0 Å². The molecule has 0 aliphatic carbocycles. The minimum atomic E-state index is 0.816. The van der Waals surface area contributed by atoms with Gasteiger partial charge in [0.25, 0.3) is 0 Å². The van der Waals surface area contributed by atoms with E-state index in [4.69, 9.17) is 4.74 Å². The van der Waals surface area contributed by atoms with Crippen LogP contribution in [0.2, 0.25) is 0 Å². The van der Waals surface area contributed by atoms with Crippen LogP contribution in [0.15, 0.2) is 12.1 Å². The molecule has 0 aromatic heterocycles. The lowest BCUT2D eigenvalue weighted by Gasteiger charge is -2.13.